The SMILES string of the molecule is CCCCCCCCCCCCCCCCCCCC/C=C/CC/C=C/CC/C=C/C(O)C(COC1OC(CO)C(OC2OC(CO)C(OC3OC(CO)C(O)C(O)C3O)C(O)C2O)C(O)C1O)NC(=O)CCCCCCCCCCCCCCCCCCCCC. The average molecular weight is 1310 g/mol. The highest BCUT2D eigenvalue weighted by atomic mass is 16.8. The predicted octanol–water partition coefficient (Wildman–Crippen LogP) is 10.8. The summed E-state index contributed by atoms with van der Waals surface area (Å²) in [5.41, 5.74) is 0. The van der Waals surface area contributed by atoms with Crippen LogP contribution in [0.15, 0.2) is 36.5 Å². The molecule has 3 saturated heterocycles. The molecule has 0 aliphatic carbocycles. The summed E-state index contributed by atoms with van der Waals surface area (Å²) in [4.78, 5) is 13.4. The number of amides is 1. The van der Waals surface area contributed by atoms with Gasteiger partial charge in [0.15, 0.2) is 18.9 Å². The van der Waals surface area contributed by atoms with Crippen molar-refractivity contribution < 1.29 is 89.4 Å². The molecule has 17 atom stereocenters. The van der Waals surface area contributed by atoms with Crippen LogP contribution in [0.4, 0.5) is 0 Å². The Hall–Kier alpha value is -1.99. The van der Waals surface area contributed by atoms with Crippen LogP contribution in [-0.4, -0.2) is 193 Å². The lowest BCUT2D eigenvalue weighted by Gasteiger charge is -2.48. The van der Waals surface area contributed by atoms with Crippen molar-refractivity contribution in [2.24, 2.45) is 0 Å². The van der Waals surface area contributed by atoms with Gasteiger partial charge in [-0.2, -0.15) is 0 Å². The van der Waals surface area contributed by atoms with E-state index in [1.54, 1.807) is 6.08 Å². The Kier molecular flexibility index (Phi) is 50.3. The Morgan fingerprint density at radius 2 is 0.696 bits per heavy atom. The van der Waals surface area contributed by atoms with Crippen molar-refractivity contribution in [2.45, 2.75) is 394 Å². The Balaban J connectivity index is 1.43. The highest BCUT2D eigenvalue weighted by molar-refractivity contribution is 5.76. The maximum absolute atomic E-state index is 13.4. The Labute approximate surface area is 555 Å². The first-order valence-corrected chi connectivity index (χ1v) is 37.2. The van der Waals surface area contributed by atoms with Crippen LogP contribution in [0.1, 0.15) is 290 Å². The average Bonchev–Trinajstić information content (AvgIpc) is 0.843. The second-order valence-electron chi connectivity index (χ2n) is 26.7. The molecule has 1 amide bonds. The summed E-state index contributed by atoms with van der Waals surface area (Å²) in [7, 11) is 0. The molecule has 3 rings (SSSR count). The van der Waals surface area contributed by atoms with E-state index in [-0.39, 0.29) is 18.9 Å². The first-order chi connectivity index (χ1) is 44.8. The number of ether oxygens (including phenoxy) is 6. The molecule has 19 nitrogen and oxygen atoms in total. The molecule has 19 heteroatoms. The molecule has 0 aromatic heterocycles. The van der Waals surface area contributed by atoms with Crippen molar-refractivity contribution in [2.75, 3.05) is 26.4 Å². The van der Waals surface area contributed by atoms with Gasteiger partial charge in [-0.25, -0.2) is 0 Å². The van der Waals surface area contributed by atoms with Gasteiger partial charge in [0.1, 0.15) is 73.2 Å². The van der Waals surface area contributed by atoms with Crippen LogP contribution in [0.3, 0.4) is 0 Å². The van der Waals surface area contributed by atoms with E-state index in [4.69, 9.17) is 28.4 Å². The number of carbonyl (C=O) groups is 1. The highest BCUT2D eigenvalue weighted by Gasteiger charge is 2.53. The third-order valence-electron chi connectivity index (χ3n) is 18.7. The van der Waals surface area contributed by atoms with Crippen molar-refractivity contribution in [1.29, 1.82) is 0 Å². The van der Waals surface area contributed by atoms with Crippen LogP contribution in [0.5, 0.6) is 0 Å². The van der Waals surface area contributed by atoms with Crippen LogP contribution >= 0.6 is 0 Å². The minimum atomic E-state index is -1.98. The molecular weight excluding hydrogens is 1180 g/mol. The molecule has 0 saturated carbocycles. The second-order valence-corrected chi connectivity index (χ2v) is 26.7. The van der Waals surface area contributed by atoms with E-state index in [0.29, 0.717) is 12.8 Å². The minimum absolute atomic E-state index is 0.236. The topological polar surface area (TPSA) is 307 Å². The molecular formula is C73H135NO18. The van der Waals surface area contributed by atoms with Crippen molar-refractivity contribution in [3.05, 3.63) is 36.5 Å². The fourth-order valence-electron chi connectivity index (χ4n) is 12.6. The molecule has 3 aliphatic heterocycles. The van der Waals surface area contributed by atoms with E-state index in [2.05, 4.69) is 43.5 Å². The lowest BCUT2D eigenvalue weighted by molar-refractivity contribution is -0.379. The fourth-order valence-corrected chi connectivity index (χ4v) is 12.6. The predicted molar refractivity (Wildman–Crippen MR) is 360 cm³/mol. The van der Waals surface area contributed by atoms with E-state index in [9.17, 15) is 61.0 Å². The van der Waals surface area contributed by atoms with Gasteiger partial charge in [-0.1, -0.05) is 275 Å². The first-order valence-electron chi connectivity index (χ1n) is 37.2. The van der Waals surface area contributed by atoms with Gasteiger partial charge >= 0.3 is 0 Å². The number of rotatable bonds is 58. The van der Waals surface area contributed by atoms with Crippen molar-refractivity contribution in [3.8, 4) is 0 Å². The summed E-state index contributed by atoms with van der Waals surface area (Å²) in [5, 5.41) is 121. The Bertz CT molecular complexity index is 1810. The normalized spacial score (nSPS) is 27.9. The van der Waals surface area contributed by atoms with Gasteiger partial charge in [-0.3, -0.25) is 4.79 Å². The van der Waals surface area contributed by atoms with Gasteiger partial charge in [-0.15, -0.1) is 0 Å². The molecule has 0 aromatic carbocycles. The number of carbonyl (C=O) groups excluding carboxylic acids is 1. The van der Waals surface area contributed by atoms with E-state index < -0.39 is 124 Å². The van der Waals surface area contributed by atoms with Crippen LogP contribution in [0.25, 0.3) is 0 Å². The molecule has 0 bridgehead atoms. The van der Waals surface area contributed by atoms with Crippen molar-refractivity contribution in [3.63, 3.8) is 0 Å². The van der Waals surface area contributed by atoms with Crippen molar-refractivity contribution >= 4 is 5.91 Å². The molecule has 92 heavy (non-hydrogen) atoms. The number of unbranched alkanes of at least 4 members (excludes halogenated alkanes) is 38. The number of hydrogen-bond donors (Lipinski definition) is 12. The van der Waals surface area contributed by atoms with E-state index in [1.807, 2.05) is 6.08 Å². The number of allylic oxidation sites excluding steroid dienone is 5. The standard InChI is InChI=1S/C73H135NO18/c1-3-5-7-9-11-13-15-17-19-21-23-24-25-26-27-28-29-30-31-33-34-36-38-40-42-44-46-48-50-57(78)56(74-61(79)51-49-47-45-43-41-39-37-35-32-22-20-18-16-14-12-10-8-6-4-2)55-87-71-67(85)64(82)69(59(53-76)89-71)92-73-68(86)65(83)70(60(54-77)90-73)91-72-66(84)63(81)62(80)58(52-75)88-72/h33-34,40,42,48,50,56-60,62-73,75-78,80-86H,3-32,35-39,41,43-47,49,51-55H2,1-2H3,(H,74,79)/b34-33+,42-40+,50-48+. The lowest BCUT2D eigenvalue weighted by atomic mass is 9.96. The van der Waals surface area contributed by atoms with Gasteiger partial charge in [-0.05, 0) is 44.9 Å². The molecule has 540 valence electrons. The molecule has 3 heterocycles. The first kappa shape index (κ1) is 84.2. The highest BCUT2D eigenvalue weighted by Crippen LogP contribution is 2.33. The molecule has 0 spiro atoms. The van der Waals surface area contributed by atoms with Gasteiger partial charge in [0.05, 0.1) is 38.6 Å². The molecule has 0 radical (unpaired) electrons. The zero-order chi connectivity index (χ0) is 66.8. The number of hydrogen-bond acceptors (Lipinski definition) is 18. The summed E-state index contributed by atoms with van der Waals surface area (Å²) < 4.78 is 34.4. The van der Waals surface area contributed by atoms with E-state index >= 15 is 0 Å². The fraction of sp³-hybridized carbons (Fsp3) is 0.904. The van der Waals surface area contributed by atoms with Gasteiger partial charge < -0.3 is 89.9 Å². The number of nitrogens with one attached hydrogen (secondary N) is 1. The molecule has 3 fully saturated rings. The van der Waals surface area contributed by atoms with Crippen LogP contribution < -0.4 is 5.32 Å². The number of aliphatic hydroxyl groups is 11. The van der Waals surface area contributed by atoms with E-state index in [0.717, 1.165) is 44.9 Å². The largest absolute Gasteiger partial charge is 0.394 e. The zero-order valence-electron chi connectivity index (χ0n) is 57.3. The molecule has 0 aromatic rings. The maximum atomic E-state index is 13.4. The molecule has 17 unspecified atom stereocenters. The second kappa shape index (κ2) is 55.0. The van der Waals surface area contributed by atoms with Gasteiger partial charge in [0.2, 0.25) is 5.91 Å². The zero-order valence-corrected chi connectivity index (χ0v) is 57.3. The van der Waals surface area contributed by atoms with Crippen LogP contribution in [0, 0.1) is 0 Å². The summed E-state index contributed by atoms with van der Waals surface area (Å²) in [6.45, 7) is 1.75. The smallest absolute Gasteiger partial charge is 0.220 e. The third-order valence-corrected chi connectivity index (χ3v) is 18.7. The summed E-state index contributed by atoms with van der Waals surface area (Å²) in [5.74, 6) is -0.285. The third kappa shape index (κ3) is 36.0. The lowest BCUT2D eigenvalue weighted by Crippen LogP contribution is -2.66. The van der Waals surface area contributed by atoms with Crippen molar-refractivity contribution in [1.82, 2.24) is 5.32 Å². The summed E-state index contributed by atoms with van der Waals surface area (Å²) in [6.07, 6.45) is 38.5. The maximum Gasteiger partial charge on any atom is 0.220 e. The summed E-state index contributed by atoms with van der Waals surface area (Å²) in [6, 6.07) is -0.995. The van der Waals surface area contributed by atoms with Gasteiger partial charge in [0.25, 0.3) is 0 Å². The molecule has 12 N–H and O–H groups in total. The van der Waals surface area contributed by atoms with Gasteiger partial charge in [0, 0.05) is 6.42 Å². The van der Waals surface area contributed by atoms with Crippen LogP contribution in [-0.2, 0) is 33.2 Å². The number of aliphatic hydroxyl groups excluding tert-OH is 11. The van der Waals surface area contributed by atoms with E-state index in [1.165, 1.54) is 212 Å². The monoisotopic (exact) mass is 1310 g/mol. The van der Waals surface area contributed by atoms with Crippen LogP contribution in [0.2, 0.25) is 0 Å². The Morgan fingerprint density at radius 1 is 0.380 bits per heavy atom. The minimum Gasteiger partial charge on any atom is -0.394 e. The molecule has 3 aliphatic rings. The quantitative estimate of drug-likeness (QED) is 0.0199. The Morgan fingerprint density at radius 3 is 1.09 bits per heavy atom. The summed E-state index contributed by atoms with van der Waals surface area (Å²) >= 11 is 0.